The zero-order valence-electron chi connectivity index (χ0n) is 11.1. The summed E-state index contributed by atoms with van der Waals surface area (Å²) in [5, 5.41) is 8.45. The van der Waals surface area contributed by atoms with Gasteiger partial charge in [-0.25, -0.2) is 0 Å². The molecule has 18 heavy (non-hydrogen) atoms. The van der Waals surface area contributed by atoms with Crippen LogP contribution in [0, 0.1) is 0 Å². The first-order chi connectivity index (χ1) is 8.54. The minimum atomic E-state index is -2.97. The van der Waals surface area contributed by atoms with E-state index in [-0.39, 0.29) is 12.6 Å². The van der Waals surface area contributed by atoms with E-state index in [0.717, 1.165) is 12.8 Å². The van der Waals surface area contributed by atoms with Gasteiger partial charge in [0.15, 0.2) is 0 Å². The quantitative estimate of drug-likeness (QED) is 0.356. The molecule has 0 atom stereocenters. The normalized spacial score (nSPS) is 12.1. The number of unbranched alkanes of at least 4 members (excludes halogenated alkanes) is 2. The first kappa shape index (κ1) is 17.4. The van der Waals surface area contributed by atoms with Crippen molar-refractivity contribution in [2.75, 3.05) is 19.4 Å². The lowest BCUT2D eigenvalue weighted by Gasteiger charge is -2.14. The Morgan fingerprint density at radius 2 is 1.78 bits per heavy atom. The largest absolute Gasteiger partial charge is 0.481 e. The highest BCUT2D eigenvalue weighted by molar-refractivity contribution is 7.54. The molecule has 0 saturated carbocycles. The van der Waals surface area contributed by atoms with Crippen LogP contribution in [0.4, 0.5) is 0 Å². The molecule has 1 N–H and O–H groups in total. The number of rotatable bonds is 11. The summed E-state index contributed by atoms with van der Waals surface area (Å²) in [5.41, 5.74) is 0. The number of carboxylic acid groups (broad SMARTS) is 1. The highest BCUT2D eigenvalue weighted by atomic mass is 31.2. The molecule has 0 saturated heterocycles. The SMILES string of the molecule is CCOP(=O)(C/C=C/CCCCC(=O)O)OCC. The molecule has 0 aliphatic carbocycles. The maximum Gasteiger partial charge on any atom is 0.334 e. The van der Waals surface area contributed by atoms with Crippen molar-refractivity contribution in [2.24, 2.45) is 0 Å². The summed E-state index contributed by atoms with van der Waals surface area (Å²) < 4.78 is 22.3. The number of hydrogen-bond donors (Lipinski definition) is 1. The second kappa shape index (κ2) is 10.3. The van der Waals surface area contributed by atoms with Crippen molar-refractivity contribution in [2.45, 2.75) is 39.5 Å². The Hall–Kier alpha value is -0.640. The molecule has 0 spiro atoms. The molecule has 0 bridgehead atoms. The fourth-order valence-electron chi connectivity index (χ4n) is 1.40. The number of aliphatic carboxylic acids is 1. The molecule has 5 nitrogen and oxygen atoms in total. The van der Waals surface area contributed by atoms with Gasteiger partial charge in [-0.2, -0.15) is 0 Å². The third-order valence-electron chi connectivity index (χ3n) is 2.16. The summed E-state index contributed by atoms with van der Waals surface area (Å²) in [6.45, 7) is 4.29. The van der Waals surface area contributed by atoms with Crippen molar-refractivity contribution in [1.82, 2.24) is 0 Å². The van der Waals surface area contributed by atoms with Crippen molar-refractivity contribution in [1.29, 1.82) is 0 Å². The Morgan fingerprint density at radius 3 is 2.28 bits per heavy atom. The number of carboxylic acids is 1. The summed E-state index contributed by atoms with van der Waals surface area (Å²) in [5.74, 6) is -0.767. The van der Waals surface area contributed by atoms with Crippen LogP contribution in [-0.2, 0) is 18.4 Å². The van der Waals surface area contributed by atoms with Crippen LogP contribution in [0.5, 0.6) is 0 Å². The van der Waals surface area contributed by atoms with Crippen molar-refractivity contribution in [3.63, 3.8) is 0 Å². The fourth-order valence-corrected chi connectivity index (χ4v) is 2.88. The van der Waals surface area contributed by atoms with Crippen molar-refractivity contribution < 1.29 is 23.5 Å². The zero-order valence-corrected chi connectivity index (χ0v) is 12.0. The third kappa shape index (κ3) is 9.40. The second-order valence-corrected chi connectivity index (χ2v) is 5.84. The van der Waals surface area contributed by atoms with Gasteiger partial charge in [-0.15, -0.1) is 0 Å². The maximum absolute atomic E-state index is 12.0. The average molecular weight is 278 g/mol. The summed E-state index contributed by atoms with van der Waals surface area (Å²) in [6, 6.07) is 0. The van der Waals surface area contributed by atoms with E-state index < -0.39 is 13.6 Å². The van der Waals surface area contributed by atoms with Crippen molar-refractivity contribution >= 4 is 13.6 Å². The van der Waals surface area contributed by atoms with E-state index in [1.807, 2.05) is 6.08 Å². The minimum Gasteiger partial charge on any atom is -0.481 e. The predicted molar refractivity (Wildman–Crippen MR) is 71.0 cm³/mol. The zero-order chi connectivity index (χ0) is 13.9. The minimum absolute atomic E-state index is 0.199. The van der Waals surface area contributed by atoms with Crippen LogP contribution in [0.3, 0.4) is 0 Å². The van der Waals surface area contributed by atoms with Gasteiger partial charge in [0, 0.05) is 6.42 Å². The Balaban J connectivity index is 3.83. The van der Waals surface area contributed by atoms with E-state index in [0.29, 0.717) is 19.6 Å². The van der Waals surface area contributed by atoms with Gasteiger partial charge in [0.2, 0.25) is 0 Å². The van der Waals surface area contributed by atoms with E-state index in [9.17, 15) is 9.36 Å². The smallest absolute Gasteiger partial charge is 0.334 e. The van der Waals surface area contributed by atoms with Crippen LogP contribution in [0.2, 0.25) is 0 Å². The summed E-state index contributed by atoms with van der Waals surface area (Å²) in [6.07, 6.45) is 6.41. The molecule has 0 aliphatic rings. The highest BCUT2D eigenvalue weighted by Crippen LogP contribution is 2.47. The Morgan fingerprint density at radius 1 is 1.17 bits per heavy atom. The van der Waals surface area contributed by atoms with Gasteiger partial charge >= 0.3 is 13.6 Å². The van der Waals surface area contributed by atoms with E-state index in [2.05, 4.69) is 0 Å². The van der Waals surface area contributed by atoms with Gasteiger partial charge in [0.25, 0.3) is 0 Å². The second-order valence-electron chi connectivity index (χ2n) is 3.74. The van der Waals surface area contributed by atoms with Crippen LogP contribution < -0.4 is 0 Å². The van der Waals surface area contributed by atoms with Gasteiger partial charge in [-0.3, -0.25) is 9.36 Å². The van der Waals surface area contributed by atoms with Gasteiger partial charge in [-0.05, 0) is 33.1 Å². The summed E-state index contributed by atoms with van der Waals surface area (Å²) in [4.78, 5) is 10.3. The van der Waals surface area contributed by atoms with Crippen LogP contribution in [0.1, 0.15) is 39.5 Å². The molecular formula is C12H23O5P. The van der Waals surface area contributed by atoms with Crippen LogP contribution in [0.15, 0.2) is 12.2 Å². The monoisotopic (exact) mass is 278 g/mol. The molecular weight excluding hydrogens is 255 g/mol. The molecule has 0 aromatic rings. The molecule has 0 heterocycles. The number of allylic oxidation sites excluding steroid dienone is 2. The summed E-state index contributed by atoms with van der Waals surface area (Å²) >= 11 is 0. The number of hydrogen-bond acceptors (Lipinski definition) is 4. The molecule has 0 aromatic heterocycles. The molecule has 0 rings (SSSR count). The molecule has 0 unspecified atom stereocenters. The lowest BCUT2D eigenvalue weighted by molar-refractivity contribution is -0.137. The third-order valence-corrected chi connectivity index (χ3v) is 4.12. The molecule has 0 amide bonds. The fraction of sp³-hybridized carbons (Fsp3) is 0.750. The molecule has 0 aromatic carbocycles. The molecule has 106 valence electrons. The molecule has 0 radical (unpaired) electrons. The Bertz CT molecular complexity index is 291. The van der Waals surface area contributed by atoms with Crippen molar-refractivity contribution in [3.8, 4) is 0 Å². The average Bonchev–Trinajstić information content (AvgIpc) is 2.28. The standard InChI is InChI=1S/C12H23O5P/c1-3-16-18(15,17-4-2)11-9-7-5-6-8-10-12(13)14/h7,9H,3-6,8,10-11H2,1-2H3,(H,13,14)/b9-7+. The van der Waals surface area contributed by atoms with Crippen LogP contribution >= 0.6 is 7.60 Å². The number of carbonyl (C=O) groups is 1. The lowest BCUT2D eigenvalue weighted by atomic mass is 10.2. The van der Waals surface area contributed by atoms with E-state index >= 15 is 0 Å². The first-order valence-corrected chi connectivity index (χ1v) is 8.01. The Kier molecular flexibility index (Phi) is 9.93. The van der Waals surface area contributed by atoms with Gasteiger partial charge in [0.05, 0.1) is 19.4 Å². The maximum atomic E-state index is 12.0. The van der Waals surface area contributed by atoms with Crippen LogP contribution in [-0.4, -0.2) is 30.5 Å². The first-order valence-electron chi connectivity index (χ1n) is 6.29. The van der Waals surface area contributed by atoms with Gasteiger partial charge in [-0.1, -0.05) is 12.2 Å². The van der Waals surface area contributed by atoms with Gasteiger partial charge in [0.1, 0.15) is 0 Å². The molecule has 0 fully saturated rings. The van der Waals surface area contributed by atoms with Crippen LogP contribution in [0.25, 0.3) is 0 Å². The lowest BCUT2D eigenvalue weighted by Crippen LogP contribution is -1.98. The molecule has 0 aliphatic heterocycles. The van der Waals surface area contributed by atoms with Gasteiger partial charge < -0.3 is 14.2 Å². The molecule has 6 heteroatoms. The van der Waals surface area contributed by atoms with E-state index in [1.54, 1.807) is 19.9 Å². The van der Waals surface area contributed by atoms with E-state index in [4.69, 9.17) is 14.2 Å². The highest BCUT2D eigenvalue weighted by Gasteiger charge is 2.20. The predicted octanol–water partition coefficient (Wildman–Crippen LogP) is 3.45. The van der Waals surface area contributed by atoms with Crippen molar-refractivity contribution in [3.05, 3.63) is 12.2 Å². The Labute approximate surface area is 109 Å². The topological polar surface area (TPSA) is 72.8 Å². The summed E-state index contributed by atoms with van der Waals surface area (Å²) in [7, 11) is -2.97. The van der Waals surface area contributed by atoms with E-state index in [1.165, 1.54) is 0 Å².